The van der Waals surface area contributed by atoms with Crippen LogP contribution in [0.4, 0.5) is 5.69 Å². The quantitative estimate of drug-likeness (QED) is 0.700. The van der Waals surface area contributed by atoms with Crippen LogP contribution in [0.3, 0.4) is 0 Å². The van der Waals surface area contributed by atoms with E-state index < -0.39 is 0 Å². The molecular formula is C17H19Cl2N. The van der Waals surface area contributed by atoms with Crippen LogP contribution in [0.2, 0.25) is 10.0 Å². The summed E-state index contributed by atoms with van der Waals surface area (Å²) in [5, 5.41) is 4.66. The molecule has 0 aromatic heterocycles. The Kier molecular flexibility index (Phi) is 4.95. The molecule has 1 nitrogen and oxygen atoms in total. The molecule has 0 aliphatic rings. The molecule has 1 atom stereocenters. The highest BCUT2D eigenvalue weighted by Gasteiger charge is 2.11. The average molecular weight is 308 g/mol. The highest BCUT2D eigenvalue weighted by Crippen LogP contribution is 2.33. The van der Waals surface area contributed by atoms with E-state index in [1.807, 2.05) is 18.2 Å². The lowest BCUT2D eigenvalue weighted by atomic mass is 9.99. The molecule has 0 bridgehead atoms. The van der Waals surface area contributed by atoms with E-state index in [2.05, 4.69) is 50.4 Å². The van der Waals surface area contributed by atoms with Crippen LogP contribution in [0.15, 0.2) is 42.5 Å². The fourth-order valence-electron chi connectivity index (χ4n) is 2.11. The van der Waals surface area contributed by atoms with E-state index >= 15 is 0 Å². The maximum Gasteiger partial charge on any atom is 0.0723 e. The van der Waals surface area contributed by atoms with Gasteiger partial charge in [-0.15, -0.1) is 0 Å². The Labute approximate surface area is 130 Å². The summed E-state index contributed by atoms with van der Waals surface area (Å²) in [6, 6.07) is 14.3. The molecule has 0 aliphatic heterocycles. The van der Waals surface area contributed by atoms with Crippen molar-refractivity contribution in [2.75, 3.05) is 5.32 Å². The monoisotopic (exact) mass is 307 g/mol. The molecule has 3 heteroatoms. The maximum absolute atomic E-state index is 6.18. The molecule has 2 aromatic rings. The standard InChI is InChI=1S/C17H19Cl2N/c1-11(2)13-7-9-14(10-8-13)12(3)20-17-15(18)5-4-6-16(17)19/h4-12,20H,1-3H3. The van der Waals surface area contributed by atoms with E-state index in [1.54, 1.807) is 0 Å². The maximum atomic E-state index is 6.18. The fraction of sp³-hybridized carbons (Fsp3) is 0.294. The summed E-state index contributed by atoms with van der Waals surface area (Å²) in [5.74, 6) is 0.547. The van der Waals surface area contributed by atoms with Crippen LogP contribution in [0.25, 0.3) is 0 Å². The van der Waals surface area contributed by atoms with Crippen molar-refractivity contribution in [1.29, 1.82) is 0 Å². The Morgan fingerprint density at radius 3 is 1.80 bits per heavy atom. The zero-order valence-corrected chi connectivity index (χ0v) is 13.5. The third-order valence-electron chi connectivity index (χ3n) is 3.43. The summed E-state index contributed by atoms with van der Waals surface area (Å²) in [5.41, 5.74) is 3.35. The molecule has 20 heavy (non-hydrogen) atoms. The van der Waals surface area contributed by atoms with Gasteiger partial charge in [0.25, 0.3) is 0 Å². The van der Waals surface area contributed by atoms with E-state index in [0.29, 0.717) is 16.0 Å². The molecule has 2 aromatic carbocycles. The first kappa shape index (κ1) is 15.2. The Morgan fingerprint density at radius 2 is 1.30 bits per heavy atom. The van der Waals surface area contributed by atoms with E-state index in [0.717, 1.165) is 5.69 Å². The van der Waals surface area contributed by atoms with E-state index in [-0.39, 0.29) is 6.04 Å². The predicted molar refractivity (Wildman–Crippen MR) is 89.0 cm³/mol. The van der Waals surface area contributed by atoms with Gasteiger partial charge in [-0.2, -0.15) is 0 Å². The lowest BCUT2D eigenvalue weighted by Gasteiger charge is -2.18. The first-order valence-corrected chi connectivity index (χ1v) is 7.55. The van der Waals surface area contributed by atoms with Gasteiger partial charge in [-0.25, -0.2) is 0 Å². The second-order valence-electron chi connectivity index (χ2n) is 5.28. The van der Waals surface area contributed by atoms with Gasteiger partial charge in [-0.3, -0.25) is 0 Å². The SMILES string of the molecule is CC(C)c1ccc(C(C)Nc2c(Cl)cccc2Cl)cc1. The van der Waals surface area contributed by atoms with Crippen molar-refractivity contribution < 1.29 is 0 Å². The van der Waals surface area contributed by atoms with Gasteiger partial charge in [0.15, 0.2) is 0 Å². The predicted octanol–water partition coefficient (Wildman–Crippen LogP) is 6.29. The first-order chi connectivity index (χ1) is 9.49. The van der Waals surface area contributed by atoms with E-state index in [4.69, 9.17) is 23.2 Å². The minimum atomic E-state index is 0.147. The Morgan fingerprint density at radius 1 is 0.800 bits per heavy atom. The van der Waals surface area contributed by atoms with Crippen LogP contribution in [-0.2, 0) is 0 Å². The summed E-state index contributed by atoms with van der Waals surface area (Å²) < 4.78 is 0. The highest BCUT2D eigenvalue weighted by molar-refractivity contribution is 6.39. The normalized spacial score (nSPS) is 12.5. The van der Waals surface area contributed by atoms with Gasteiger partial charge in [0, 0.05) is 6.04 Å². The Bertz CT molecular complexity index is 556. The molecule has 106 valence electrons. The zero-order chi connectivity index (χ0) is 14.7. The summed E-state index contributed by atoms with van der Waals surface area (Å²) in [4.78, 5) is 0. The number of rotatable bonds is 4. The van der Waals surface area contributed by atoms with Crippen molar-refractivity contribution >= 4 is 28.9 Å². The van der Waals surface area contributed by atoms with Gasteiger partial charge in [0.2, 0.25) is 0 Å². The molecular weight excluding hydrogens is 289 g/mol. The Hall–Kier alpha value is -1.18. The number of hydrogen-bond donors (Lipinski definition) is 1. The van der Waals surface area contributed by atoms with E-state index in [1.165, 1.54) is 11.1 Å². The summed E-state index contributed by atoms with van der Waals surface area (Å²) in [7, 11) is 0. The molecule has 0 fully saturated rings. The zero-order valence-electron chi connectivity index (χ0n) is 12.0. The van der Waals surface area contributed by atoms with Crippen LogP contribution in [0.5, 0.6) is 0 Å². The number of benzene rings is 2. The molecule has 0 saturated carbocycles. The number of anilines is 1. The van der Waals surface area contributed by atoms with Crippen molar-refractivity contribution in [2.24, 2.45) is 0 Å². The van der Waals surface area contributed by atoms with Gasteiger partial charge >= 0.3 is 0 Å². The van der Waals surface area contributed by atoms with Gasteiger partial charge in [0.05, 0.1) is 15.7 Å². The summed E-state index contributed by atoms with van der Waals surface area (Å²) in [6.07, 6.45) is 0. The average Bonchev–Trinajstić information content (AvgIpc) is 2.43. The van der Waals surface area contributed by atoms with Crippen molar-refractivity contribution in [3.63, 3.8) is 0 Å². The van der Waals surface area contributed by atoms with Gasteiger partial charge in [-0.05, 0) is 36.1 Å². The lowest BCUT2D eigenvalue weighted by molar-refractivity contribution is 0.852. The summed E-state index contributed by atoms with van der Waals surface area (Å²) >= 11 is 12.4. The smallest absolute Gasteiger partial charge is 0.0723 e. The number of halogens is 2. The van der Waals surface area contributed by atoms with Crippen LogP contribution >= 0.6 is 23.2 Å². The topological polar surface area (TPSA) is 12.0 Å². The number of hydrogen-bond acceptors (Lipinski definition) is 1. The molecule has 1 N–H and O–H groups in total. The van der Waals surface area contributed by atoms with Crippen LogP contribution < -0.4 is 5.32 Å². The minimum absolute atomic E-state index is 0.147. The first-order valence-electron chi connectivity index (χ1n) is 6.79. The van der Waals surface area contributed by atoms with Gasteiger partial charge in [0.1, 0.15) is 0 Å². The molecule has 0 amide bonds. The van der Waals surface area contributed by atoms with Crippen LogP contribution in [0.1, 0.15) is 43.9 Å². The van der Waals surface area contributed by atoms with Crippen molar-refractivity contribution in [3.05, 3.63) is 63.6 Å². The number of para-hydroxylation sites is 1. The summed E-state index contributed by atoms with van der Waals surface area (Å²) in [6.45, 7) is 6.49. The van der Waals surface area contributed by atoms with Gasteiger partial charge < -0.3 is 5.32 Å². The van der Waals surface area contributed by atoms with Crippen molar-refractivity contribution in [3.8, 4) is 0 Å². The molecule has 0 radical (unpaired) electrons. The van der Waals surface area contributed by atoms with Crippen molar-refractivity contribution in [2.45, 2.75) is 32.7 Å². The molecule has 0 aliphatic carbocycles. The lowest BCUT2D eigenvalue weighted by Crippen LogP contribution is -2.07. The molecule has 1 unspecified atom stereocenters. The molecule has 2 rings (SSSR count). The third kappa shape index (κ3) is 3.47. The third-order valence-corrected chi connectivity index (χ3v) is 4.06. The molecule has 0 heterocycles. The number of nitrogens with one attached hydrogen (secondary N) is 1. The largest absolute Gasteiger partial charge is 0.376 e. The van der Waals surface area contributed by atoms with Crippen LogP contribution in [0, 0.1) is 0 Å². The molecule has 0 saturated heterocycles. The highest BCUT2D eigenvalue weighted by atomic mass is 35.5. The van der Waals surface area contributed by atoms with Crippen LogP contribution in [-0.4, -0.2) is 0 Å². The Balaban J connectivity index is 2.17. The van der Waals surface area contributed by atoms with E-state index in [9.17, 15) is 0 Å². The second kappa shape index (κ2) is 6.51. The minimum Gasteiger partial charge on any atom is -0.376 e. The van der Waals surface area contributed by atoms with Gasteiger partial charge in [-0.1, -0.05) is 67.4 Å². The fourth-order valence-corrected chi connectivity index (χ4v) is 2.61. The second-order valence-corrected chi connectivity index (χ2v) is 6.10. The molecule has 0 spiro atoms. The van der Waals surface area contributed by atoms with Crippen molar-refractivity contribution in [1.82, 2.24) is 0 Å².